The first kappa shape index (κ1) is 8.91. The van der Waals surface area contributed by atoms with Crippen molar-refractivity contribution < 1.29 is 8.78 Å². The molecular formula is C8H15F2N. The monoisotopic (exact) mass is 163 g/mol. The van der Waals surface area contributed by atoms with E-state index in [-0.39, 0.29) is 6.54 Å². The topological polar surface area (TPSA) is 12.0 Å². The maximum Gasteiger partial charge on any atom is 0.250 e. The lowest BCUT2D eigenvalue weighted by molar-refractivity contribution is 0.144. The average Bonchev–Trinajstić information content (AvgIpc) is 2.66. The highest BCUT2D eigenvalue weighted by atomic mass is 19.3. The third-order valence-corrected chi connectivity index (χ3v) is 2.19. The van der Waals surface area contributed by atoms with Crippen molar-refractivity contribution in [2.75, 3.05) is 13.1 Å². The molecule has 0 aliphatic heterocycles. The van der Waals surface area contributed by atoms with Gasteiger partial charge in [-0.1, -0.05) is 6.92 Å². The summed E-state index contributed by atoms with van der Waals surface area (Å²) in [5.41, 5.74) is 0. The van der Waals surface area contributed by atoms with Crippen LogP contribution in [-0.4, -0.2) is 19.5 Å². The number of rotatable bonds is 5. The Morgan fingerprint density at radius 1 is 1.36 bits per heavy atom. The van der Waals surface area contributed by atoms with Gasteiger partial charge in [0.2, 0.25) is 0 Å². The second kappa shape index (κ2) is 4.00. The Kier molecular flexibility index (Phi) is 3.24. The Labute approximate surface area is 66.2 Å². The van der Waals surface area contributed by atoms with Gasteiger partial charge in [0.25, 0.3) is 6.43 Å². The van der Waals surface area contributed by atoms with Crippen LogP contribution < -0.4 is 5.32 Å². The summed E-state index contributed by atoms with van der Waals surface area (Å²) < 4.78 is 23.3. The fourth-order valence-electron chi connectivity index (χ4n) is 1.25. The van der Waals surface area contributed by atoms with Crippen molar-refractivity contribution in [3.63, 3.8) is 0 Å². The molecule has 1 aliphatic rings. The van der Waals surface area contributed by atoms with Crippen molar-refractivity contribution in [1.82, 2.24) is 5.32 Å². The van der Waals surface area contributed by atoms with Crippen molar-refractivity contribution in [1.29, 1.82) is 0 Å². The molecule has 1 nitrogen and oxygen atoms in total. The van der Waals surface area contributed by atoms with E-state index in [0.717, 1.165) is 12.5 Å². The molecule has 0 heterocycles. The summed E-state index contributed by atoms with van der Waals surface area (Å²) in [5, 5.41) is 2.76. The van der Waals surface area contributed by atoms with E-state index < -0.39 is 6.43 Å². The highest BCUT2D eigenvalue weighted by Gasteiger charge is 2.27. The van der Waals surface area contributed by atoms with Crippen LogP contribution in [0.3, 0.4) is 0 Å². The minimum absolute atomic E-state index is 0.156. The summed E-state index contributed by atoms with van der Waals surface area (Å²) in [6.45, 7) is 2.71. The van der Waals surface area contributed by atoms with Gasteiger partial charge in [-0.05, 0) is 31.2 Å². The van der Waals surface area contributed by atoms with Crippen molar-refractivity contribution in [3.05, 3.63) is 0 Å². The van der Waals surface area contributed by atoms with E-state index in [4.69, 9.17) is 0 Å². The van der Waals surface area contributed by atoms with Gasteiger partial charge in [-0.3, -0.25) is 0 Å². The summed E-state index contributed by atoms with van der Waals surface area (Å²) in [6, 6.07) is 0. The van der Waals surface area contributed by atoms with Gasteiger partial charge in [0.1, 0.15) is 0 Å². The lowest BCUT2D eigenvalue weighted by Gasteiger charge is -2.10. The third-order valence-electron chi connectivity index (χ3n) is 2.19. The standard InChI is InChI=1S/C8H15F2N/c1-6(7-2-3-7)4-11-5-8(9)10/h6-8,11H,2-5H2,1H3. The minimum atomic E-state index is -2.21. The van der Waals surface area contributed by atoms with Crippen LogP contribution in [0.15, 0.2) is 0 Å². The number of halogens is 2. The molecule has 0 saturated heterocycles. The van der Waals surface area contributed by atoms with Crippen LogP contribution >= 0.6 is 0 Å². The first-order valence-corrected chi connectivity index (χ1v) is 4.19. The second-order valence-corrected chi connectivity index (χ2v) is 3.36. The molecule has 1 aliphatic carbocycles. The number of alkyl halides is 2. The molecule has 0 aromatic heterocycles. The van der Waals surface area contributed by atoms with Crippen LogP contribution in [-0.2, 0) is 0 Å². The lowest BCUT2D eigenvalue weighted by Crippen LogP contribution is -2.27. The predicted octanol–water partition coefficient (Wildman–Crippen LogP) is 1.89. The molecule has 0 aromatic rings. The molecule has 0 bridgehead atoms. The Morgan fingerprint density at radius 2 is 2.00 bits per heavy atom. The molecule has 1 atom stereocenters. The Hall–Kier alpha value is -0.180. The van der Waals surface area contributed by atoms with Gasteiger partial charge in [-0.2, -0.15) is 0 Å². The Balaban J connectivity index is 1.93. The molecule has 1 N–H and O–H groups in total. The van der Waals surface area contributed by atoms with Crippen LogP contribution in [0.2, 0.25) is 0 Å². The number of hydrogen-bond donors (Lipinski definition) is 1. The number of nitrogens with one attached hydrogen (secondary N) is 1. The van der Waals surface area contributed by atoms with Crippen LogP contribution in [0.25, 0.3) is 0 Å². The molecule has 1 saturated carbocycles. The third kappa shape index (κ3) is 3.65. The van der Waals surface area contributed by atoms with E-state index in [0.29, 0.717) is 5.92 Å². The first-order chi connectivity index (χ1) is 5.20. The second-order valence-electron chi connectivity index (χ2n) is 3.36. The molecule has 1 unspecified atom stereocenters. The zero-order chi connectivity index (χ0) is 8.27. The first-order valence-electron chi connectivity index (χ1n) is 4.19. The summed E-state index contributed by atoms with van der Waals surface area (Å²) in [4.78, 5) is 0. The zero-order valence-electron chi connectivity index (χ0n) is 6.82. The molecule has 0 spiro atoms. The van der Waals surface area contributed by atoms with Crippen molar-refractivity contribution in [2.24, 2.45) is 11.8 Å². The maximum atomic E-state index is 11.6. The SMILES string of the molecule is CC(CNCC(F)F)C1CC1. The highest BCUT2D eigenvalue weighted by Crippen LogP contribution is 2.35. The van der Waals surface area contributed by atoms with E-state index in [9.17, 15) is 8.78 Å². The van der Waals surface area contributed by atoms with Gasteiger partial charge in [0.05, 0.1) is 6.54 Å². The lowest BCUT2D eigenvalue weighted by atomic mass is 10.1. The van der Waals surface area contributed by atoms with Crippen LogP contribution in [0, 0.1) is 11.8 Å². The molecule has 1 fully saturated rings. The zero-order valence-corrected chi connectivity index (χ0v) is 6.82. The molecule has 1 rings (SSSR count). The Morgan fingerprint density at radius 3 is 2.45 bits per heavy atom. The molecular weight excluding hydrogens is 148 g/mol. The molecule has 3 heteroatoms. The predicted molar refractivity (Wildman–Crippen MR) is 40.8 cm³/mol. The maximum absolute atomic E-state index is 11.6. The summed E-state index contributed by atoms with van der Waals surface area (Å²) in [5.74, 6) is 1.38. The number of hydrogen-bond acceptors (Lipinski definition) is 1. The minimum Gasteiger partial charge on any atom is -0.311 e. The van der Waals surface area contributed by atoms with E-state index >= 15 is 0 Å². The molecule has 0 radical (unpaired) electrons. The van der Waals surface area contributed by atoms with Gasteiger partial charge < -0.3 is 5.32 Å². The fourth-order valence-corrected chi connectivity index (χ4v) is 1.25. The van der Waals surface area contributed by atoms with Crippen LogP contribution in [0.4, 0.5) is 8.78 Å². The van der Waals surface area contributed by atoms with Gasteiger partial charge in [-0.15, -0.1) is 0 Å². The summed E-state index contributed by atoms with van der Waals surface area (Å²) >= 11 is 0. The average molecular weight is 163 g/mol. The van der Waals surface area contributed by atoms with Crippen molar-refractivity contribution in [2.45, 2.75) is 26.2 Å². The van der Waals surface area contributed by atoms with E-state index in [2.05, 4.69) is 12.2 Å². The normalized spacial score (nSPS) is 20.7. The van der Waals surface area contributed by atoms with Gasteiger partial charge >= 0.3 is 0 Å². The van der Waals surface area contributed by atoms with E-state index in [1.165, 1.54) is 12.8 Å². The highest BCUT2D eigenvalue weighted by molar-refractivity contribution is 4.79. The summed E-state index contributed by atoms with van der Waals surface area (Å²) in [7, 11) is 0. The molecule has 11 heavy (non-hydrogen) atoms. The molecule has 66 valence electrons. The van der Waals surface area contributed by atoms with Crippen molar-refractivity contribution >= 4 is 0 Å². The van der Waals surface area contributed by atoms with E-state index in [1.807, 2.05) is 0 Å². The quantitative estimate of drug-likeness (QED) is 0.652. The molecule has 0 amide bonds. The smallest absolute Gasteiger partial charge is 0.250 e. The van der Waals surface area contributed by atoms with E-state index in [1.54, 1.807) is 0 Å². The molecule has 0 aromatic carbocycles. The van der Waals surface area contributed by atoms with Gasteiger partial charge in [0, 0.05) is 0 Å². The Bertz CT molecular complexity index is 113. The fraction of sp³-hybridized carbons (Fsp3) is 1.00. The van der Waals surface area contributed by atoms with Crippen LogP contribution in [0.1, 0.15) is 19.8 Å². The van der Waals surface area contributed by atoms with Gasteiger partial charge in [0.15, 0.2) is 0 Å². The largest absolute Gasteiger partial charge is 0.311 e. The summed E-state index contributed by atoms with van der Waals surface area (Å²) in [6.07, 6.45) is 0.371. The van der Waals surface area contributed by atoms with Gasteiger partial charge in [-0.25, -0.2) is 8.78 Å². The van der Waals surface area contributed by atoms with Crippen molar-refractivity contribution in [3.8, 4) is 0 Å². The van der Waals surface area contributed by atoms with Crippen LogP contribution in [0.5, 0.6) is 0 Å².